The van der Waals surface area contributed by atoms with Gasteiger partial charge in [-0.2, -0.15) is 23.2 Å². The number of halogens is 4. The third kappa shape index (κ3) is 3.19. The lowest BCUT2D eigenvalue weighted by Gasteiger charge is -2.11. The van der Waals surface area contributed by atoms with Gasteiger partial charge in [0.2, 0.25) is 0 Å². The van der Waals surface area contributed by atoms with Crippen LogP contribution in [0.1, 0.15) is 5.56 Å². The molecule has 17 heavy (non-hydrogen) atoms. The highest BCUT2D eigenvalue weighted by Gasteiger charge is 2.35. The van der Waals surface area contributed by atoms with Gasteiger partial charge in [0.05, 0.1) is 20.9 Å². The zero-order valence-corrected chi connectivity index (χ0v) is 10.3. The second-order valence-corrected chi connectivity index (χ2v) is 3.47. The van der Waals surface area contributed by atoms with Gasteiger partial charge in [0, 0.05) is 0 Å². The Morgan fingerprint density at radius 2 is 1.59 bits per heavy atom. The summed E-state index contributed by atoms with van der Waals surface area (Å²) in [4.78, 5) is 6.78. The third-order valence-electron chi connectivity index (χ3n) is 1.72. The van der Waals surface area contributed by atoms with E-state index in [1.54, 1.807) is 0 Å². The van der Waals surface area contributed by atoms with Gasteiger partial charge in [-0.05, 0) is 36.6 Å². The van der Waals surface area contributed by atoms with Crippen molar-refractivity contribution in [3.8, 4) is 0 Å². The minimum atomic E-state index is -4.60. The molecule has 0 saturated carbocycles. The number of hydrogen-bond donors (Lipinski definition) is 0. The smallest absolute Gasteiger partial charge is 0.192 e. The normalized spacial score (nSPS) is 10.4. The molecule has 8 heteroatoms. The molecular formula is C9H2ClF3N2S2. The van der Waals surface area contributed by atoms with Crippen molar-refractivity contribution in [1.29, 1.82) is 0 Å². The number of thiocarbonyl (C=S) groups is 2. The summed E-state index contributed by atoms with van der Waals surface area (Å²) >= 11 is 14.3. The summed E-state index contributed by atoms with van der Waals surface area (Å²) in [6.07, 6.45) is -4.60. The maximum absolute atomic E-state index is 12.7. The molecule has 0 bridgehead atoms. The molecule has 1 aromatic rings. The van der Waals surface area contributed by atoms with E-state index in [0.717, 1.165) is 12.1 Å². The van der Waals surface area contributed by atoms with Crippen molar-refractivity contribution in [2.75, 3.05) is 0 Å². The van der Waals surface area contributed by atoms with Gasteiger partial charge in [-0.25, -0.2) is 0 Å². The van der Waals surface area contributed by atoms with Crippen molar-refractivity contribution in [2.45, 2.75) is 6.18 Å². The standard InChI is InChI=1S/C9H2ClF3N2S2/c10-6-2-1-5(9(11,12)13)7(14-3-16)8(6)15-4-17/h1-2H. The lowest BCUT2D eigenvalue weighted by Crippen LogP contribution is -2.05. The molecule has 1 aromatic carbocycles. The summed E-state index contributed by atoms with van der Waals surface area (Å²) in [5.41, 5.74) is -1.76. The molecule has 0 atom stereocenters. The molecule has 0 saturated heterocycles. The van der Waals surface area contributed by atoms with Crippen molar-refractivity contribution in [3.63, 3.8) is 0 Å². The maximum atomic E-state index is 12.7. The molecule has 0 unspecified atom stereocenters. The Balaban J connectivity index is 3.70. The van der Waals surface area contributed by atoms with Crippen LogP contribution in [0.3, 0.4) is 0 Å². The predicted octanol–water partition coefficient (Wildman–Crippen LogP) is 4.83. The minimum absolute atomic E-state index is 0.0284. The molecule has 0 amide bonds. The molecule has 0 fully saturated rings. The summed E-state index contributed by atoms with van der Waals surface area (Å²) in [6.45, 7) is 0. The van der Waals surface area contributed by atoms with Crippen LogP contribution < -0.4 is 0 Å². The highest BCUT2D eigenvalue weighted by molar-refractivity contribution is 7.78. The highest BCUT2D eigenvalue weighted by atomic mass is 35.5. The Bertz CT molecular complexity index is 544. The van der Waals surface area contributed by atoms with Crippen LogP contribution in [0.15, 0.2) is 22.1 Å². The van der Waals surface area contributed by atoms with E-state index in [2.05, 4.69) is 34.4 Å². The van der Waals surface area contributed by atoms with E-state index in [4.69, 9.17) is 11.6 Å². The van der Waals surface area contributed by atoms with Gasteiger partial charge in [-0.1, -0.05) is 11.6 Å². The molecule has 0 heterocycles. The summed E-state index contributed by atoms with van der Waals surface area (Å²) in [5, 5.41) is 3.76. The van der Waals surface area contributed by atoms with Gasteiger partial charge in [0.1, 0.15) is 11.4 Å². The van der Waals surface area contributed by atoms with Crippen LogP contribution in [0.4, 0.5) is 24.5 Å². The fraction of sp³-hybridized carbons (Fsp3) is 0.111. The first-order valence-corrected chi connectivity index (χ1v) is 5.16. The van der Waals surface area contributed by atoms with E-state index in [1.165, 1.54) is 0 Å². The van der Waals surface area contributed by atoms with Gasteiger partial charge >= 0.3 is 6.18 Å². The second kappa shape index (κ2) is 5.49. The van der Waals surface area contributed by atoms with E-state index >= 15 is 0 Å². The third-order valence-corrected chi connectivity index (χ3v) is 2.21. The topological polar surface area (TPSA) is 24.7 Å². The minimum Gasteiger partial charge on any atom is -0.192 e. The second-order valence-electron chi connectivity index (χ2n) is 2.70. The number of benzene rings is 1. The summed E-state index contributed by atoms with van der Waals surface area (Å²) in [6, 6.07) is 1.84. The molecule has 0 aliphatic rings. The number of alkyl halides is 3. The summed E-state index contributed by atoms with van der Waals surface area (Å²) < 4.78 is 38.0. The number of hydrogen-bond acceptors (Lipinski definition) is 4. The average Bonchev–Trinajstić information content (AvgIpc) is 2.22. The fourth-order valence-electron chi connectivity index (χ4n) is 1.09. The molecule has 0 radical (unpaired) electrons. The molecule has 2 nitrogen and oxygen atoms in total. The van der Waals surface area contributed by atoms with E-state index in [-0.39, 0.29) is 10.7 Å². The van der Waals surface area contributed by atoms with Crippen LogP contribution in [0, 0.1) is 0 Å². The molecule has 88 valence electrons. The Morgan fingerprint density at radius 1 is 1.06 bits per heavy atom. The quantitative estimate of drug-likeness (QED) is 0.576. The van der Waals surface area contributed by atoms with Crippen LogP contribution in [-0.4, -0.2) is 10.3 Å². The van der Waals surface area contributed by atoms with E-state index in [1.807, 2.05) is 10.3 Å². The molecule has 0 aliphatic carbocycles. The number of nitrogens with zero attached hydrogens (tertiary/aromatic N) is 2. The largest absolute Gasteiger partial charge is 0.418 e. The first-order chi connectivity index (χ1) is 7.91. The lowest BCUT2D eigenvalue weighted by atomic mass is 10.1. The fourth-order valence-corrected chi connectivity index (χ4v) is 1.47. The van der Waals surface area contributed by atoms with Crippen molar-refractivity contribution in [3.05, 3.63) is 22.7 Å². The van der Waals surface area contributed by atoms with Crippen LogP contribution in [0.25, 0.3) is 0 Å². The zero-order chi connectivity index (χ0) is 13.1. The zero-order valence-electron chi connectivity index (χ0n) is 7.88. The number of aliphatic imine (C=N–C) groups is 2. The SMILES string of the molecule is FC(F)(F)c1ccc(Cl)c(N=C=S)c1N=C=S. The van der Waals surface area contributed by atoms with Crippen molar-refractivity contribution in [2.24, 2.45) is 9.98 Å². The van der Waals surface area contributed by atoms with Crippen molar-refractivity contribution in [1.82, 2.24) is 0 Å². The van der Waals surface area contributed by atoms with Gasteiger partial charge in [-0.3, -0.25) is 0 Å². The first-order valence-electron chi connectivity index (χ1n) is 3.97. The van der Waals surface area contributed by atoms with Crippen LogP contribution in [0.2, 0.25) is 5.02 Å². The van der Waals surface area contributed by atoms with Gasteiger partial charge in [-0.15, -0.1) is 0 Å². The van der Waals surface area contributed by atoms with Crippen LogP contribution in [0.5, 0.6) is 0 Å². The molecule has 0 aliphatic heterocycles. The van der Waals surface area contributed by atoms with E-state index < -0.39 is 17.4 Å². The first kappa shape index (κ1) is 14.0. The molecule has 0 spiro atoms. The summed E-state index contributed by atoms with van der Waals surface area (Å²) in [5.74, 6) is 0. The highest BCUT2D eigenvalue weighted by Crippen LogP contribution is 2.44. The van der Waals surface area contributed by atoms with Gasteiger partial charge in [0.15, 0.2) is 0 Å². The van der Waals surface area contributed by atoms with E-state index in [0.29, 0.717) is 0 Å². The average molecular weight is 295 g/mol. The van der Waals surface area contributed by atoms with Gasteiger partial charge < -0.3 is 0 Å². The Hall–Kier alpha value is -1.10. The van der Waals surface area contributed by atoms with Gasteiger partial charge in [0.25, 0.3) is 0 Å². The van der Waals surface area contributed by atoms with Crippen LogP contribution in [-0.2, 0) is 6.18 Å². The lowest BCUT2D eigenvalue weighted by molar-refractivity contribution is -0.137. The van der Waals surface area contributed by atoms with Crippen molar-refractivity contribution < 1.29 is 13.2 Å². The Kier molecular flexibility index (Phi) is 4.51. The molecule has 1 rings (SSSR count). The van der Waals surface area contributed by atoms with E-state index in [9.17, 15) is 13.2 Å². The van der Waals surface area contributed by atoms with Crippen LogP contribution >= 0.6 is 36.0 Å². The predicted molar refractivity (Wildman–Crippen MR) is 65.8 cm³/mol. The molecule has 0 aromatic heterocycles. The Morgan fingerprint density at radius 3 is 2.06 bits per heavy atom. The monoisotopic (exact) mass is 294 g/mol. The molecule has 0 N–H and O–H groups in total. The van der Waals surface area contributed by atoms with Crippen molar-refractivity contribution >= 4 is 57.7 Å². The maximum Gasteiger partial charge on any atom is 0.418 e. The molecular weight excluding hydrogens is 293 g/mol. The number of isothiocyanates is 2. The summed E-state index contributed by atoms with van der Waals surface area (Å²) in [7, 11) is 0. The number of rotatable bonds is 2. The Labute approximate surface area is 110 Å².